The lowest BCUT2D eigenvalue weighted by molar-refractivity contribution is -0.134. The number of imidazole rings is 1. The zero-order valence-corrected chi connectivity index (χ0v) is 13.9. The Labute approximate surface area is 137 Å². The number of aromatic nitrogens is 2. The molecule has 0 radical (unpaired) electrons. The molecule has 5 heteroatoms. The van der Waals surface area contributed by atoms with Gasteiger partial charge >= 0.3 is 0 Å². The Kier molecular flexibility index (Phi) is 4.80. The van der Waals surface area contributed by atoms with Crippen LogP contribution in [-0.2, 0) is 17.7 Å². The van der Waals surface area contributed by atoms with Gasteiger partial charge in [0.25, 0.3) is 0 Å². The number of hydrogen-bond acceptors (Lipinski definition) is 4. The molecule has 0 spiro atoms. The van der Waals surface area contributed by atoms with Crippen molar-refractivity contribution >= 4 is 0 Å². The van der Waals surface area contributed by atoms with Crippen LogP contribution >= 0.6 is 0 Å². The van der Waals surface area contributed by atoms with Crippen molar-refractivity contribution < 1.29 is 9.84 Å². The second-order valence-electron chi connectivity index (χ2n) is 6.54. The summed E-state index contributed by atoms with van der Waals surface area (Å²) in [7, 11) is 0. The van der Waals surface area contributed by atoms with Crippen molar-refractivity contribution in [1.82, 2.24) is 14.9 Å². The Bertz CT molecular complexity index is 638. The summed E-state index contributed by atoms with van der Waals surface area (Å²) >= 11 is 0. The summed E-state index contributed by atoms with van der Waals surface area (Å²) < 4.78 is 6.01. The van der Waals surface area contributed by atoms with Crippen LogP contribution in [0.2, 0.25) is 0 Å². The third kappa shape index (κ3) is 3.80. The van der Waals surface area contributed by atoms with Crippen molar-refractivity contribution in [3.63, 3.8) is 0 Å². The number of nitrogens with one attached hydrogen (secondary N) is 1. The van der Waals surface area contributed by atoms with Gasteiger partial charge in [0.1, 0.15) is 5.60 Å². The van der Waals surface area contributed by atoms with E-state index in [1.807, 2.05) is 6.92 Å². The second-order valence-corrected chi connectivity index (χ2v) is 6.54. The summed E-state index contributed by atoms with van der Waals surface area (Å²) in [5.74, 6) is 0. The first kappa shape index (κ1) is 16.2. The summed E-state index contributed by atoms with van der Waals surface area (Å²) in [6.45, 7) is 7.14. The van der Waals surface area contributed by atoms with E-state index in [0.29, 0.717) is 13.2 Å². The van der Waals surface area contributed by atoms with Gasteiger partial charge in [0.15, 0.2) is 0 Å². The van der Waals surface area contributed by atoms with Gasteiger partial charge in [0, 0.05) is 31.7 Å². The average molecular weight is 315 g/mol. The fourth-order valence-corrected chi connectivity index (χ4v) is 3.15. The van der Waals surface area contributed by atoms with E-state index in [0.717, 1.165) is 30.9 Å². The molecule has 1 aromatic carbocycles. The van der Waals surface area contributed by atoms with E-state index in [2.05, 4.69) is 46.1 Å². The Hall–Kier alpha value is -1.69. The molecule has 0 bridgehead atoms. The molecule has 23 heavy (non-hydrogen) atoms. The molecule has 5 nitrogen and oxygen atoms in total. The Morgan fingerprint density at radius 1 is 1.30 bits per heavy atom. The van der Waals surface area contributed by atoms with E-state index >= 15 is 0 Å². The SMILES string of the molecule is Cc1ccc(C[C@@]2(CO)CN(Cc3nc[nH]c3C)CCO2)cc1. The highest BCUT2D eigenvalue weighted by Crippen LogP contribution is 2.24. The molecule has 0 saturated carbocycles. The molecule has 1 fully saturated rings. The molecule has 1 aromatic heterocycles. The third-order valence-corrected chi connectivity index (χ3v) is 4.57. The topological polar surface area (TPSA) is 61.4 Å². The van der Waals surface area contributed by atoms with Crippen molar-refractivity contribution in [3.8, 4) is 0 Å². The van der Waals surface area contributed by atoms with Gasteiger partial charge < -0.3 is 14.8 Å². The highest BCUT2D eigenvalue weighted by atomic mass is 16.5. The van der Waals surface area contributed by atoms with Crippen molar-refractivity contribution in [2.24, 2.45) is 0 Å². The number of rotatable bonds is 5. The van der Waals surface area contributed by atoms with Crippen LogP contribution in [0.4, 0.5) is 0 Å². The predicted octanol–water partition coefficient (Wildman–Crippen LogP) is 1.83. The zero-order valence-electron chi connectivity index (χ0n) is 13.9. The highest BCUT2D eigenvalue weighted by Gasteiger charge is 2.36. The molecule has 2 heterocycles. The molecular formula is C18H25N3O2. The van der Waals surface area contributed by atoms with Crippen molar-refractivity contribution in [2.75, 3.05) is 26.3 Å². The molecule has 0 unspecified atom stereocenters. The summed E-state index contributed by atoms with van der Waals surface area (Å²) in [6.07, 6.45) is 2.45. The van der Waals surface area contributed by atoms with Gasteiger partial charge in [-0.1, -0.05) is 29.8 Å². The number of aliphatic hydroxyl groups excluding tert-OH is 1. The van der Waals surface area contributed by atoms with Gasteiger partial charge in [0.2, 0.25) is 0 Å². The molecule has 1 aliphatic heterocycles. The smallest absolute Gasteiger partial charge is 0.108 e. The molecule has 124 valence electrons. The summed E-state index contributed by atoms with van der Waals surface area (Å²) in [6, 6.07) is 8.45. The maximum atomic E-state index is 9.98. The number of aromatic amines is 1. The van der Waals surface area contributed by atoms with Crippen molar-refractivity contribution in [1.29, 1.82) is 0 Å². The lowest BCUT2D eigenvalue weighted by atomic mass is 9.92. The maximum absolute atomic E-state index is 9.98. The third-order valence-electron chi connectivity index (χ3n) is 4.57. The first-order chi connectivity index (χ1) is 11.1. The standard InChI is InChI=1S/C18H25N3O2/c1-14-3-5-16(6-4-14)9-18(12-22)11-21(7-8-23-18)10-17-15(2)19-13-20-17/h3-6,13,22H,7-12H2,1-2H3,(H,19,20)/t18-/m0/s1. The number of aliphatic hydroxyl groups is 1. The normalized spacial score (nSPS) is 22.4. The first-order valence-electron chi connectivity index (χ1n) is 8.12. The van der Waals surface area contributed by atoms with Gasteiger partial charge in [-0.2, -0.15) is 0 Å². The molecule has 3 rings (SSSR count). The largest absolute Gasteiger partial charge is 0.393 e. The molecule has 1 saturated heterocycles. The quantitative estimate of drug-likeness (QED) is 0.884. The van der Waals surface area contributed by atoms with E-state index in [1.54, 1.807) is 6.33 Å². The monoisotopic (exact) mass is 315 g/mol. The van der Waals surface area contributed by atoms with Crippen LogP contribution in [0.3, 0.4) is 0 Å². The summed E-state index contributed by atoms with van der Waals surface area (Å²) in [5, 5.41) is 9.98. The van der Waals surface area contributed by atoms with Crippen LogP contribution in [0.15, 0.2) is 30.6 Å². The number of benzene rings is 1. The number of H-pyrrole nitrogens is 1. The van der Waals surface area contributed by atoms with E-state index < -0.39 is 5.60 Å². The molecule has 1 atom stereocenters. The molecular weight excluding hydrogens is 290 g/mol. The van der Waals surface area contributed by atoms with Gasteiger partial charge in [-0.25, -0.2) is 4.98 Å². The number of aryl methyl sites for hydroxylation is 2. The molecule has 2 N–H and O–H groups in total. The van der Waals surface area contributed by atoms with Gasteiger partial charge in [-0.05, 0) is 19.4 Å². The lowest BCUT2D eigenvalue weighted by Crippen LogP contribution is -2.55. The maximum Gasteiger partial charge on any atom is 0.108 e. The van der Waals surface area contributed by atoms with E-state index in [9.17, 15) is 5.11 Å². The highest BCUT2D eigenvalue weighted by molar-refractivity contribution is 5.23. The van der Waals surface area contributed by atoms with E-state index in [4.69, 9.17) is 4.74 Å². The van der Waals surface area contributed by atoms with E-state index in [-0.39, 0.29) is 6.61 Å². The van der Waals surface area contributed by atoms with Crippen LogP contribution in [-0.4, -0.2) is 51.9 Å². The molecule has 0 amide bonds. The van der Waals surface area contributed by atoms with Crippen molar-refractivity contribution in [3.05, 3.63) is 53.1 Å². The van der Waals surface area contributed by atoms with Crippen LogP contribution < -0.4 is 0 Å². The summed E-state index contributed by atoms with van der Waals surface area (Å²) in [4.78, 5) is 9.81. The van der Waals surface area contributed by atoms with Crippen LogP contribution in [0.5, 0.6) is 0 Å². The van der Waals surface area contributed by atoms with Crippen molar-refractivity contribution in [2.45, 2.75) is 32.4 Å². The zero-order chi connectivity index (χ0) is 16.3. The minimum Gasteiger partial charge on any atom is -0.393 e. The summed E-state index contributed by atoms with van der Waals surface area (Å²) in [5.41, 5.74) is 4.07. The molecule has 2 aromatic rings. The lowest BCUT2D eigenvalue weighted by Gasteiger charge is -2.41. The number of morpholine rings is 1. The predicted molar refractivity (Wildman–Crippen MR) is 89.3 cm³/mol. The minimum absolute atomic E-state index is 0.0247. The van der Waals surface area contributed by atoms with E-state index in [1.165, 1.54) is 11.1 Å². The number of ether oxygens (including phenoxy) is 1. The van der Waals surface area contributed by atoms with Gasteiger partial charge in [-0.15, -0.1) is 0 Å². The second kappa shape index (κ2) is 6.83. The minimum atomic E-state index is -0.530. The fourth-order valence-electron chi connectivity index (χ4n) is 3.15. The first-order valence-corrected chi connectivity index (χ1v) is 8.12. The van der Waals surface area contributed by atoms with Crippen LogP contribution in [0.1, 0.15) is 22.5 Å². The number of nitrogens with zero attached hydrogens (tertiary/aromatic N) is 2. The van der Waals surface area contributed by atoms with Crippen LogP contribution in [0.25, 0.3) is 0 Å². The fraction of sp³-hybridized carbons (Fsp3) is 0.500. The molecule has 1 aliphatic rings. The van der Waals surface area contributed by atoms with Gasteiger partial charge in [0.05, 0.1) is 25.2 Å². The molecule has 0 aliphatic carbocycles. The Morgan fingerprint density at radius 2 is 2.09 bits per heavy atom. The van der Waals surface area contributed by atoms with Gasteiger partial charge in [-0.3, -0.25) is 4.90 Å². The average Bonchev–Trinajstić information content (AvgIpc) is 2.95. The Morgan fingerprint density at radius 3 is 2.74 bits per heavy atom. The number of hydrogen-bond donors (Lipinski definition) is 2. The Balaban J connectivity index is 1.70. The van der Waals surface area contributed by atoms with Crippen LogP contribution in [0, 0.1) is 13.8 Å².